The summed E-state index contributed by atoms with van der Waals surface area (Å²) in [6.07, 6.45) is 2.86. The van der Waals surface area contributed by atoms with Gasteiger partial charge in [0.2, 0.25) is 5.91 Å². The van der Waals surface area contributed by atoms with E-state index in [9.17, 15) is 4.79 Å². The molecule has 0 saturated heterocycles. The number of hydrogen-bond donors (Lipinski definition) is 1. The van der Waals surface area contributed by atoms with Crippen LogP contribution in [-0.4, -0.2) is 23.4 Å². The molecule has 1 amide bonds. The highest BCUT2D eigenvalue weighted by Crippen LogP contribution is 2.28. The first kappa shape index (κ1) is 13.5. The average Bonchev–Trinajstić information content (AvgIpc) is 3.12. The van der Waals surface area contributed by atoms with Crippen LogP contribution in [0.3, 0.4) is 0 Å². The first-order chi connectivity index (χ1) is 8.56. The molecule has 98 valence electrons. The summed E-state index contributed by atoms with van der Waals surface area (Å²) in [5.74, 6) is 0.799. The van der Waals surface area contributed by atoms with Crippen LogP contribution in [0.2, 0.25) is 0 Å². The normalized spacial score (nSPS) is 14.9. The van der Waals surface area contributed by atoms with Crippen LogP contribution in [0.15, 0.2) is 29.2 Å². The van der Waals surface area contributed by atoms with Gasteiger partial charge in [-0.25, -0.2) is 0 Å². The number of carbonyl (C=O) groups is 1. The van der Waals surface area contributed by atoms with Gasteiger partial charge in [-0.1, -0.05) is 26.0 Å². The minimum atomic E-state index is 0.262. The van der Waals surface area contributed by atoms with E-state index in [4.69, 9.17) is 0 Å². The van der Waals surface area contributed by atoms with Crippen LogP contribution in [0.1, 0.15) is 32.3 Å². The Morgan fingerprint density at radius 3 is 2.44 bits per heavy atom. The van der Waals surface area contributed by atoms with Crippen LogP contribution in [0.4, 0.5) is 0 Å². The Hall–Kier alpha value is -0.960. The van der Waals surface area contributed by atoms with Crippen LogP contribution in [0.25, 0.3) is 0 Å². The first-order valence-corrected chi connectivity index (χ1v) is 7.08. The maximum atomic E-state index is 12.3. The highest BCUT2D eigenvalue weighted by molar-refractivity contribution is 7.80. The topological polar surface area (TPSA) is 20.3 Å². The lowest BCUT2D eigenvalue weighted by atomic mass is 10.1. The Bertz CT molecular complexity index is 409. The predicted octanol–water partition coefficient (Wildman–Crippen LogP) is 3.16. The minimum Gasteiger partial charge on any atom is -0.339 e. The molecule has 1 aromatic rings. The molecule has 3 heteroatoms. The molecule has 18 heavy (non-hydrogen) atoms. The van der Waals surface area contributed by atoms with E-state index in [1.54, 1.807) is 0 Å². The Morgan fingerprint density at radius 1 is 1.33 bits per heavy atom. The second-order valence-corrected chi connectivity index (χ2v) is 6.03. The van der Waals surface area contributed by atoms with Crippen molar-refractivity contribution in [2.45, 2.75) is 44.0 Å². The molecule has 0 heterocycles. The number of carbonyl (C=O) groups excluding carboxylic acids is 1. The van der Waals surface area contributed by atoms with Crippen LogP contribution in [0.5, 0.6) is 0 Å². The molecule has 0 unspecified atom stereocenters. The van der Waals surface area contributed by atoms with E-state index < -0.39 is 0 Å². The molecular formula is C15H21NOS. The molecule has 0 spiro atoms. The van der Waals surface area contributed by atoms with Crippen LogP contribution in [0, 0.1) is 5.92 Å². The summed E-state index contributed by atoms with van der Waals surface area (Å²) >= 11 is 4.26. The lowest BCUT2D eigenvalue weighted by Crippen LogP contribution is -2.37. The highest BCUT2D eigenvalue weighted by Gasteiger charge is 2.32. The number of thiol groups is 1. The smallest absolute Gasteiger partial charge is 0.227 e. The highest BCUT2D eigenvalue weighted by atomic mass is 32.1. The largest absolute Gasteiger partial charge is 0.339 e. The molecule has 1 aromatic carbocycles. The average molecular weight is 263 g/mol. The quantitative estimate of drug-likeness (QED) is 0.809. The van der Waals surface area contributed by atoms with Gasteiger partial charge >= 0.3 is 0 Å². The number of benzene rings is 1. The van der Waals surface area contributed by atoms with Gasteiger partial charge in [-0.3, -0.25) is 4.79 Å². The van der Waals surface area contributed by atoms with Crippen LogP contribution < -0.4 is 0 Å². The number of hydrogen-bond acceptors (Lipinski definition) is 2. The van der Waals surface area contributed by atoms with Crippen molar-refractivity contribution >= 4 is 18.5 Å². The standard InChI is InChI=1S/C15H21NOS/c1-11(2)10-16(13-5-6-13)15(17)9-12-3-7-14(18)8-4-12/h3-4,7-8,11,13,18H,5-6,9-10H2,1-2H3. The Kier molecular flexibility index (Phi) is 4.33. The molecule has 0 aromatic heterocycles. The van der Waals surface area contributed by atoms with Crippen LogP contribution in [-0.2, 0) is 11.2 Å². The summed E-state index contributed by atoms with van der Waals surface area (Å²) in [5.41, 5.74) is 1.08. The first-order valence-electron chi connectivity index (χ1n) is 6.63. The van der Waals surface area contributed by atoms with Crippen molar-refractivity contribution in [1.82, 2.24) is 4.90 Å². The van der Waals surface area contributed by atoms with Gasteiger partial charge in [-0.2, -0.15) is 0 Å². The Morgan fingerprint density at radius 2 is 1.94 bits per heavy atom. The Labute approximate surface area is 115 Å². The monoisotopic (exact) mass is 263 g/mol. The summed E-state index contributed by atoms with van der Waals surface area (Å²) in [5, 5.41) is 0. The van der Waals surface area contributed by atoms with E-state index >= 15 is 0 Å². The zero-order chi connectivity index (χ0) is 13.1. The van der Waals surface area contributed by atoms with E-state index in [-0.39, 0.29) is 5.91 Å². The zero-order valence-corrected chi connectivity index (χ0v) is 12.0. The zero-order valence-electron chi connectivity index (χ0n) is 11.1. The maximum absolute atomic E-state index is 12.3. The summed E-state index contributed by atoms with van der Waals surface area (Å²) in [7, 11) is 0. The van der Waals surface area contributed by atoms with Gasteiger partial charge in [0.1, 0.15) is 0 Å². The number of amides is 1. The SMILES string of the molecule is CC(C)CN(C(=O)Cc1ccc(S)cc1)C1CC1. The Balaban J connectivity index is 1.98. The number of nitrogens with zero attached hydrogens (tertiary/aromatic N) is 1. The van der Waals surface area contributed by atoms with Crippen molar-refractivity contribution in [3.05, 3.63) is 29.8 Å². The van der Waals surface area contributed by atoms with E-state index in [0.717, 1.165) is 17.0 Å². The van der Waals surface area contributed by atoms with Crippen molar-refractivity contribution in [2.75, 3.05) is 6.54 Å². The molecule has 1 fully saturated rings. The van der Waals surface area contributed by atoms with Gasteiger partial charge in [-0.15, -0.1) is 12.6 Å². The molecule has 0 radical (unpaired) electrons. The lowest BCUT2D eigenvalue weighted by molar-refractivity contribution is -0.131. The molecule has 1 aliphatic rings. The van der Waals surface area contributed by atoms with E-state index in [0.29, 0.717) is 18.4 Å². The second kappa shape index (κ2) is 5.79. The summed E-state index contributed by atoms with van der Waals surface area (Å²) in [4.78, 5) is 15.3. The van der Waals surface area contributed by atoms with E-state index in [1.807, 2.05) is 24.3 Å². The summed E-state index contributed by atoms with van der Waals surface area (Å²) < 4.78 is 0. The van der Waals surface area contributed by atoms with Crippen molar-refractivity contribution in [3.63, 3.8) is 0 Å². The van der Waals surface area contributed by atoms with Gasteiger partial charge < -0.3 is 4.90 Å². The van der Waals surface area contributed by atoms with E-state index in [2.05, 4.69) is 31.4 Å². The molecule has 0 atom stereocenters. The van der Waals surface area contributed by atoms with Crippen molar-refractivity contribution in [3.8, 4) is 0 Å². The summed E-state index contributed by atoms with van der Waals surface area (Å²) in [6, 6.07) is 8.36. The molecule has 1 saturated carbocycles. The van der Waals surface area contributed by atoms with Crippen LogP contribution >= 0.6 is 12.6 Å². The third kappa shape index (κ3) is 3.77. The molecule has 2 rings (SSSR count). The third-order valence-corrected chi connectivity index (χ3v) is 3.46. The van der Waals surface area contributed by atoms with Gasteiger partial charge in [0.25, 0.3) is 0 Å². The van der Waals surface area contributed by atoms with Crippen molar-refractivity contribution < 1.29 is 4.79 Å². The molecule has 2 nitrogen and oxygen atoms in total. The van der Waals surface area contributed by atoms with Gasteiger partial charge in [-0.05, 0) is 36.5 Å². The lowest BCUT2D eigenvalue weighted by Gasteiger charge is -2.24. The van der Waals surface area contributed by atoms with Crippen molar-refractivity contribution in [1.29, 1.82) is 0 Å². The van der Waals surface area contributed by atoms with Gasteiger partial charge in [0.05, 0.1) is 6.42 Å². The van der Waals surface area contributed by atoms with E-state index in [1.165, 1.54) is 12.8 Å². The molecule has 1 aliphatic carbocycles. The van der Waals surface area contributed by atoms with Gasteiger partial charge in [0, 0.05) is 17.5 Å². The minimum absolute atomic E-state index is 0.262. The maximum Gasteiger partial charge on any atom is 0.227 e. The molecular weight excluding hydrogens is 242 g/mol. The van der Waals surface area contributed by atoms with Crippen molar-refractivity contribution in [2.24, 2.45) is 5.92 Å². The molecule has 0 N–H and O–H groups in total. The third-order valence-electron chi connectivity index (χ3n) is 3.16. The molecule has 0 aliphatic heterocycles. The fourth-order valence-electron chi connectivity index (χ4n) is 2.12. The fraction of sp³-hybridized carbons (Fsp3) is 0.533. The van der Waals surface area contributed by atoms with Gasteiger partial charge in [0.15, 0.2) is 0 Å². The predicted molar refractivity (Wildman–Crippen MR) is 77.0 cm³/mol. The second-order valence-electron chi connectivity index (χ2n) is 5.51. The molecule has 0 bridgehead atoms. The summed E-state index contributed by atoms with van der Waals surface area (Å²) in [6.45, 7) is 5.21. The number of rotatable bonds is 5. The fourth-order valence-corrected chi connectivity index (χ4v) is 2.27.